The van der Waals surface area contributed by atoms with Crippen molar-refractivity contribution in [1.82, 2.24) is 14.2 Å². The van der Waals surface area contributed by atoms with Gasteiger partial charge in [-0.15, -0.1) is 0 Å². The third-order valence-corrected chi connectivity index (χ3v) is 6.95. The van der Waals surface area contributed by atoms with Gasteiger partial charge in [0, 0.05) is 50.3 Å². The van der Waals surface area contributed by atoms with Gasteiger partial charge in [0.1, 0.15) is 16.4 Å². The van der Waals surface area contributed by atoms with E-state index >= 15 is 0 Å². The maximum atomic E-state index is 12.7. The molecule has 1 aliphatic heterocycles. The van der Waals surface area contributed by atoms with Crippen LogP contribution >= 0.6 is 0 Å². The topological polar surface area (TPSA) is 91.8 Å². The van der Waals surface area contributed by atoms with Gasteiger partial charge in [-0.25, -0.2) is 8.42 Å². The molecule has 4 rings (SSSR count). The zero-order valence-corrected chi connectivity index (χ0v) is 18.2. The Kier molecular flexibility index (Phi) is 6.79. The van der Waals surface area contributed by atoms with Crippen LogP contribution in [0.5, 0.6) is 11.5 Å². The first-order chi connectivity index (χ1) is 15.5. The second-order valence-electron chi connectivity index (χ2n) is 7.36. The largest absolute Gasteiger partial charge is 0.457 e. The number of amides is 1. The number of ether oxygens (including phenoxy) is 1. The lowest BCUT2D eigenvalue weighted by atomic mass is 10.3. The molecule has 32 heavy (non-hydrogen) atoms. The van der Waals surface area contributed by atoms with Crippen LogP contribution in [-0.4, -0.2) is 61.2 Å². The van der Waals surface area contributed by atoms with Crippen LogP contribution in [0.15, 0.2) is 84.0 Å². The highest BCUT2D eigenvalue weighted by molar-refractivity contribution is 7.89. The van der Waals surface area contributed by atoms with Crippen LogP contribution in [-0.2, 0) is 14.8 Å². The fraction of sp³-hybridized carbons (Fsp3) is 0.217. The highest BCUT2D eigenvalue weighted by Crippen LogP contribution is 2.24. The number of aromatic nitrogens is 1. The van der Waals surface area contributed by atoms with E-state index in [0.29, 0.717) is 37.6 Å². The number of hydrogen-bond donors (Lipinski definition) is 1. The molecule has 1 N–H and O–H groups in total. The summed E-state index contributed by atoms with van der Waals surface area (Å²) in [7, 11) is -3.56. The number of nitrogens with one attached hydrogen (secondary N) is 1. The molecule has 0 unspecified atom stereocenters. The molecule has 0 aliphatic carbocycles. The van der Waals surface area contributed by atoms with E-state index in [0.717, 1.165) is 5.75 Å². The minimum Gasteiger partial charge on any atom is -0.457 e. The lowest BCUT2D eigenvalue weighted by Crippen LogP contribution is -2.50. The van der Waals surface area contributed by atoms with Gasteiger partial charge in [0.05, 0.1) is 6.54 Å². The Morgan fingerprint density at radius 1 is 0.938 bits per heavy atom. The number of carbonyl (C=O) groups is 1. The molecule has 2 aromatic carbocycles. The molecular formula is C23H24N4O4S. The van der Waals surface area contributed by atoms with Gasteiger partial charge in [0.15, 0.2) is 0 Å². The van der Waals surface area contributed by atoms with E-state index < -0.39 is 10.0 Å². The van der Waals surface area contributed by atoms with E-state index in [1.807, 2.05) is 47.4 Å². The number of carbonyl (C=O) groups excluding carboxylic acids is 1. The van der Waals surface area contributed by atoms with Crippen LogP contribution in [0.1, 0.15) is 0 Å². The van der Waals surface area contributed by atoms with Crippen LogP contribution in [0.2, 0.25) is 0 Å². The van der Waals surface area contributed by atoms with Crippen molar-refractivity contribution in [2.24, 2.45) is 0 Å². The zero-order chi connectivity index (χ0) is 22.4. The SMILES string of the molecule is O=C(CN1CCN(S(=O)(=O)c2cccnc2)CC1)Nc1cccc(Oc2ccccc2)c1. The van der Waals surface area contributed by atoms with Crippen molar-refractivity contribution in [2.75, 3.05) is 38.0 Å². The van der Waals surface area contributed by atoms with Gasteiger partial charge in [-0.1, -0.05) is 24.3 Å². The van der Waals surface area contributed by atoms with Crippen molar-refractivity contribution in [2.45, 2.75) is 4.90 Å². The molecule has 8 nitrogen and oxygen atoms in total. The predicted molar refractivity (Wildman–Crippen MR) is 121 cm³/mol. The number of pyridine rings is 1. The molecule has 166 valence electrons. The van der Waals surface area contributed by atoms with Crippen molar-refractivity contribution in [3.8, 4) is 11.5 Å². The molecular weight excluding hydrogens is 428 g/mol. The molecule has 0 atom stereocenters. The number of para-hydroxylation sites is 1. The summed E-state index contributed by atoms with van der Waals surface area (Å²) in [4.78, 5) is 18.5. The predicted octanol–water partition coefficient (Wildman–Crippen LogP) is 2.82. The molecule has 1 fully saturated rings. The minimum absolute atomic E-state index is 0.162. The quantitative estimate of drug-likeness (QED) is 0.593. The molecule has 1 amide bonds. The summed E-state index contributed by atoms with van der Waals surface area (Å²) in [5, 5.41) is 2.88. The third-order valence-electron chi connectivity index (χ3n) is 5.07. The van der Waals surface area contributed by atoms with E-state index in [1.165, 1.54) is 16.6 Å². The Balaban J connectivity index is 1.29. The molecule has 2 heterocycles. The van der Waals surface area contributed by atoms with E-state index in [-0.39, 0.29) is 17.3 Å². The van der Waals surface area contributed by atoms with Gasteiger partial charge in [-0.05, 0) is 36.4 Å². The fourth-order valence-corrected chi connectivity index (χ4v) is 4.83. The molecule has 9 heteroatoms. The molecule has 0 radical (unpaired) electrons. The maximum Gasteiger partial charge on any atom is 0.244 e. The molecule has 0 bridgehead atoms. The first-order valence-electron chi connectivity index (χ1n) is 10.3. The van der Waals surface area contributed by atoms with Gasteiger partial charge < -0.3 is 10.1 Å². The van der Waals surface area contributed by atoms with Crippen molar-refractivity contribution in [1.29, 1.82) is 0 Å². The lowest BCUT2D eigenvalue weighted by molar-refractivity contribution is -0.117. The Bertz CT molecular complexity index is 1150. The Hall–Kier alpha value is -3.27. The summed E-state index contributed by atoms with van der Waals surface area (Å²) < 4.78 is 32.6. The summed E-state index contributed by atoms with van der Waals surface area (Å²) >= 11 is 0. The Labute approximate surface area is 187 Å². The summed E-state index contributed by atoms with van der Waals surface area (Å²) in [6, 6.07) is 19.8. The van der Waals surface area contributed by atoms with Gasteiger partial charge in [-0.3, -0.25) is 14.7 Å². The normalized spacial score (nSPS) is 15.2. The molecule has 0 spiro atoms. The fourth-order valence-electron chi connectivity index (χ4n) is 3.44. The standard InChI is InChI=1S/C23H24N4O4S/c28-23(25-19-6-4-9-21(16-19)31-20-7-2-1-3-8-20)18-26-12-14-27(15-13-26)32(29,30)22-10-5-11-24-17-22/h1-11,16-17H,12-15,18H2,(H,25,28). The zero-order valence-electron chi connectivity index (χ0n) is 17.4. The van der Waals surface area contributed by atoms with Gasteiger partial charge in [-0.2, -0.15) is 4.31 Å². The van der Waals surface area contributed by atoms with Crippen molar-refractivity contribution in [3.05, 3.63) is 79.1 Å². The first-order valence-corrected chi connectivity index (χ1v) is 11.7. The monoisotopic (exact) mass is 452 g/mol. The maximum absolute atomic E-state index is 12.7. The van der Waals surface area contributed by atoms with E-state index in [1.54, 1.807) is 24.4 Å². The average molecular weight is 453 g/mol. The van der Waals surface area contributed by atoms with E-state index in [9.17, 15) is 13.2 Å². The highest BCUT2D eigenvalue weighted by atomic mass is 32.2. The summed E-state index contributed by atoms with van der Waals surface area (Å²) in [6.45, 7) is 1.79. The van der Waals surface area contributed by atoms with Crippen molar-refractivity contribution < 1.29 is 17.9 Å². The van der Waals surface area contributed by atoms with Crippen LogP contribution in [0.25, 0.3) is 0 Å². The van der Waals surface area contributed by atoms with E-state index in [2.05, 4.69) is 10.3 Å². The second-order valence-corrected chi connectivity index (χ2v) is 9.30. The molecule has 1 aromatic heterocycles. The number of hydrogen-bond acceptors (Lipinski definition) is 6. The van der Waals surface area contributed by atoms with Crippen molar-refractivity contribution >= 4 is 21.6 Å². The van der Waals surface area contributed by atoms with Crippen LogP contribution < -0.4 is 10.1 Å². The van der Waals surface area contributed by atoms with Gasteiger partial charge in [0.2, 0.25) is 15.9 Å². The number of rotatable bonds is 7. The van der Waals surface area contributed by atoms with E-state index in [4.69, 9.17) is 4.74 Å². The molecule has 1 aliphatic rings. The molecule has 1 saturated heterocycles. The van der Waals surface area contributed by atoms with Crippen molar-refractivity contribution in [3.63, 3.8) is 0 Å². The Morgan fingerprint density at radius 3 is 2.41 bits per heavy atom. The first kappa shape index (κ1) is 21.9. The number of benzene rings is 2. The average Bonchev–Trinajstić information content (AvgIpc) is 2.81. The lowest BCUT2D eigenvalue weighted by Gasteiger charge is -2.33. The van der Waals surface area contributed by atoms with Crippen LogP contribution in [0.4, 0.5) is 5.69 Å². The molecule has 3 aromatic rings. The smallest absolute Gasteiger partial charge is 0.244 e. The van der Waals surface area contributed by atoms with Gasteiger partial charge in [0.25, 0.3) is 0 Å². The Morgan fingerprint density at radius 2 is 1.69 bits per heavy atom. The van der Waals surface area contributed by atoms with Crippen LogP contribution in [0, 0.1) is 0 Å². The number of anilines is 1. The number of sulfonamides is 1. The number of piperazine rings is 1. The minimum atomic E-state index is -3.56. The van der Waals surface area contributed by atoms with Gasteiger partial charge >= 0.3 is 0 Å². The summed E-state index contributed by atoms with van der Waals surface area (Å²) in [5.74, 6) is 1.18. The number of nitrogens with zero attached hydrogens (tertiary/aromatic N) is 3. The summed E-state index contributed by atoms with van der Waals surface area (Å²) in [6.07, 6.45) is 2.89. The highest BCUT2D eigenvalue weighted by Gasteiger charge is 2.29. The third kappa shape index (κ3) is 5.50. The second kappa shape index (κ2) is 9.90. The van der Waals surface area contributed by atoms with Crippen LogP contribution in [0.3, 0.4) is 0 Å². The molecule has 0 saturated carbocycles. The summed E-state index contributed by atoms with van der Waals surface area (Å²) in [5.41, 5.74) is 0.640.